The number of amides is 5. The van der Waals surface area contributed by atoms with Gasteiger partial charge < -0.3 is 52.1 Å². The summed E-state index contributed by atoms with van der Waals surface area (Å²) < 4.78 is 0. The predicted octanol–water partition coefficient (Wildman–Crippen LogP) is 2.06. The topological polar surface area (TPSA) is 345 Å². The first kappa shape index (κ1) is 63.6. The number of rotatable bonds is 29. The van der Waals surface area contributed by atoms with Crippen LogP contribution in [0.15, 0.2) is 54.6 Å². The number of benzene rings is 3. The molecular formula is C56H79N9O15. The van der Waals surface area contributed by atoms with E-state index in [-0.39, 0.29) is 88.3 Å². The highest BCUT2D eigenvalue weighted by atomic mass is 16.4. The Morgan fingerprint density at radius 3 is 1.51 bits per heavy atom. The van der Waals surface area contributed by atoms with Gasteiger partial charge in [-0.05, 0) is 97.4 Å². The number of ketones is 1. The van der Waals surface area contributed by atoms with Gasteiger partial charge >= 0.3 is 35.9 Å². The second-order valence-electron chi connectivity index (χ2n) is 21.0. The Hall–Kier alpha value is -7.28. The molecule has 0 spiro atoms. The summed E-state index contributed by atoms with van der Waals surface area (Å²) in [5.41, 5.74) is 0.896. The highest BCUT2D eigenvalue weighted by molar-refractivity contribution is 6.03. The summed E-state index contributed by atoms with van der Waals surface area (Å²) in [6, 6.07) is 13.1. The third-order valence-electron chi connectivity index (χ3n) is 14.7. The number of hydrogen-bond acceptors (Lipinski definition) is 14. The molecule has 24 heteroatoms. The molecule has 3 aromatic rings. The molecule has 1 saturated heterocycles. The molecule has 438 valence electrons. The van der Waals surface area contributed by atoms with Gasteiger partial charge in [0.1, 0.15) is 23.9 Å². The second kappa shape index (κ2) is 32.7. The summed E-state index contributed by atoms with van der Waals surface area (Å²) in [4.78, 5) is 132. The Morgan fingerprint density at radius 1 is 0.537 bits per heavy atom. The van der Waals surface area contributed by atoms with E-state index >= 15 is 0 Å². The van der Waals surface area contributed by atoms with Gasteiger partial charge in [0.25, 0.3) is 0 Å². The number of carboxylic acid groups (broad SMARTS) is 5. The van der Waals surface area contributed by atoms with Crippen LogP contribution in [0, 0.1) is 11.8 Å². The summed E-state index contributed by atoms with van der Waals surface area (Å²) >= 11 is 0. The van der Waals surface area contributed by atoms with E-state index in [0.717, 1.165) is 27.1 Å². The van der Waals surface area contributed by atoms with Crippen LogP contribution in [0.2, 0.25) is 0 Å². The van der Waals surface area contributed by atoms with Crippen molar-refractivity contribution in [1.82, 2.24) is 46.2 Å². The number of fused-ring (bicyclic) bond motifs is 2. The standard InChI is InChI=1S/C56H79N9O15/c1-37(66)33-62-22-24-63(25-27-65(36-51(72)73)29-28-64(26-23-62)35-50(70)71)34-48(67)58-32-38-17-19-39(20-18-38)52(74)59-47(31-44-42-12-6-4-10-40(42)30-41-11-5-7-13-43(41)44)53(75)57-21-8-2-3-14-45(54(76)77)60-56(80)61-46(55(78)79)15-9-16-49(68)69/h4-7,10-13,30,38-39,45-47H,2-3,8-9,14-29,31-36H2,1H3,(H,57,75)(H,58,67)(H,59,74)(H,68,69)(H,70,71)(H,72,73)(H,76,77)(H,78,79)(H2,60,61,80)/t38?,39?,45-,46-,47-/m0/s1. The average Bonchev–Trinajstić information content (AvgIpc) is 3.53. The van der Waals surface area contributed by atoms with Crippen LogP contribution in [0.1, 0.15) is 83.1 Å². The van der Waals surface area contributed by atoms with Crippen molar-refractivity contribution in [3.8, 4) is 0 Å². The minimum Gasteiger partial charge on any atom is -0.481 e. The largest absolute Gasteiger partial charge is 0.481 e. The molecule has 80 heavy (non-hydrogen) atoms. The molecule has 2 fully saturated rings. The lowest BCUT2D eigenvalue weighted by Crippen LogP contribution is -2.51. The monoisotopic (exact) mass is 1120 g/mol. The number of unbranched alkanes of at least 4 members (excludes halogenated alkanes) is 2. The SMILES string of the molecule is CC(=O)CN1CCN(CC(=O)O)CCN(CC(=O)O)CCN(CC(=O)NCC2CCC(C(=O)N[C@@H](Cc3c4ccccc4cc4ccccc34)C(=O)NCCCCC[C@H](NC(=O)N[C@@H](CCCC(=O)O)C(=O)O)C(=O)O)CC2)CC1. The van der Waals surface area contributed by atoms with Crippen LogP contribution in [-0.4, -0.2) is 214 Å². The summed E-state index contributed by atoms with van der Waals surface area (Å²) in [6.07, 6.45) is 3.30. The smallest absolute Gasteiger partial charge is 0.326 e. The minimum atomic E-state index is -1.41. The molecule has 1 heterocycles. The van der Waals surface area contributed by atoms with Crippen molar-refractivity contribution in [3.63, 3.8) is 0 Å². The molecule has 5 amide bonds. The van der Waals surface area contributed by atoms with E-state index in [1.807, 2.05) is 58.3 Å². The van der Waals surface area contributed by atoms with Crippen LogP contribution >= 0.6 is 0 Å². The summed E-state index contributed by atoms with van der Waals surface area (Å²) in [5.74, 6) is -7.09. The first-order valence-corrected chi connectivity index (χ1v) is 27.6. The Kier molecular flexibility index (Phi) is 26.0. The Balaban J connectivity index is 1.16. The number of urea groups is 1. The van der Waals surface area contributed by atoms with Crippen molar-refractivity contribution in [1.29, 1.82) is 0 Å². The van der Waals surface area contributed by atoms with Crippen LogP contribution < -0.4 is 26.6 Å². The zero-order valence-electron chi connectivity index (χ0n) is 45.6. The lowest BCUT2D eigenvalue weighted by Gasteiger charge is -2.33. The molecule has 10 N–H and O–H groups in total. The zero-order valence-corrected chi connectivity index (χ0v) is 45.6. The minimum absolute atomic E-state index is 0.00709. The molecule has 1 aliphatic carbocycles. The number of aliphatic carboxylic acids is 5. The van der Waals surface area contributed by atoms with Crippen LogP contribution in [0.3, 0.4) is 0 Å². The highest BCUT2D eigenvalue weighted by Crippen LogP contribution is 2.31. The van der Waals surface area contributed by atoms with E-state index in [1.165, 1.54) is 6.92 Å². The number of carboxylic acids is 5. The predicted molar refractivity (Wildman–Crippen MR) is 295 cm³/mol. The maximum absolute atomic E-state index is 14.2. The fourth-order valence-corrected chi connectivity index (χ4v) is 10.4. The molecule has 0 bridgehead atoms. The number of carbonyl (C=O) groups is 10. The summed E-state index contributed by atoms with van der Waals surface area (Å²) in [7, 11) is 0. The fraction of sp³-hybridized carbons (Fsp3) is 0.571. The Labute approximate surface area is 464 Å². The van der Waals surface area contributed by atoms with E-state index in [0.29, 0.717) is 104 Å². The highest BCUT2D eigenvalue weighted by Gasteiger charge is 2.31. The van der Waals surface area contributed by atoms with Crippen molar-refractivity contribution in [2.24, 2.45) is 11.8 Å². The Morgan fingerprint density at radius 2 is 1.02 bits per heavy atom. The van der Waals surface area contributed by atoms with Gasteiger partial charge in [0, 0.05) is 84.2 Å². The van der Waals surface area contributed by atoms with Gasteiger partial charge in [-0.1, -0.05) is 61.4 Å². The average molecular weight is 1120 g/mol. The van der Waals surface area contributed by atoms with Crippen molar-refractivity contribution >= 4 is 80.9 Å². The lowest BCUT2D eigenvalue weighted by atomic mass is 9.81. The summed E-state index contributed by atoms with van der Waals surface area (Å²) in [5, 5.41) is 64.6. The van der Waals surface area contributed by atoms with Crippen LogP contribution in [0.25, 0.3) is 21.5 Å². The van der Waals surface area contributed by atoms with E-state index in [9.17, 15) is 68.4 Å². The molecule has 1 saturated carbocycles. The molecule has 1 aliphatic heterocycles. The fourth-order valence-electron chi connectivity index (χ4n) is 10.4. The molecule has 0 unspecified atom stereocenters. The number of nitrogens with one attached hydrogen (secondary N) is 5. The maximum Gasteiger partial charge on any atom is 0.326 e. The van der Waals surface area contributed by atoms with Gasteiger partial charge in [-0.25, -0.2) is 14.4 Å². The van der Waals surface area contributed by atoms with Gasteiger partial charge in [0.2, 0.25) is 17.7 Å². The van der Waals surface area contributed by atoms with Gasteiger partial charge in [0.15, 0.2) is 0 Å². The van der Waals surface area contributed by atoms with Crippen molar-refractivity contribution in [2.45, 2.75) is 102 Å². The van der Waals surface area contributed by atoms with E-state index in [4.69, 9.17) is 5.11 Å². The van der Waals surface area contributed by atoms with Crippen molar-refractivity contribution in [2.75, 3.05) is 91.6 Å². The number of nitrogens with zero attached hydrogens (tertiary/aromatic N) is 4. The van der Waals surface area contributed by atoms with Crippen LogP contribution in [0.5, 0.6) is 0 Å². The maximum atomic E-state index is 14.2. The molecule has 5 rings (SSSR count). The second-order valence-corrected chi connectivity index (χ2v) is 21.0. The molecule has 3 aromatic carbocycles. The van der Waals surface area contributed by atoms with Gasteiger partial charge in [-0.2, -0.15) is 0 Å². The number of carbonyl (C=O) groups excluding carboxylic acids is 5. The molecule has 3 atom stereocenters. The van der Waals surface area contributed by atoms with E-state index in [1.54, 1.807) is 9.80 Å². The normalized spacial score (nSPS) is 18.3. The lowest BCUT2D eigenvalue weighted by molar-refractivity contribution is -0.141. The zero-order chi connectivity index (χ0) is 58.1. The third-order valence-corrected chi connectivity index (χ3v) is 14.7. The molecule has 24 nitrogen and oxygen atoms in total. The molecular weight excluding hydrogens is 1040 g/mol. The van der Waals surface area contributed by atoms with E-state index in [2.05, 4.69) is 32.7 Å². The van der Waals surface area contributed by atoms with Crippen molar-refractivity contribution in [3.05, 3.63) is 60.2 Å². The van der Waals surface area contributed by atoms with Gasteiger partial charge in [-0.3, -0.25) is 53.2 Å². The van der Waals surface area contributed by atoms with Gasteiger partial charge in [-0.15, -0.1) is 0 Å². The van der Waals surface area contributed by atoms with Crippen molar-refractivity contribution < 1.29 is 73.5 Å². The first-order chi connectivity index (χ1) is 38.2. The molecule has 2 aliphatic rings. The van der Waals surface area contributed by atoms with Crippen LogP contribution in [0.4, 0.5) is 4.79 Å². The van der Waals surface area contributed by atoms with E-state index < -0.39 is 65.8 Å². The first-order valence-electron chi connectivity index (χ1n) is 27.6. The molecule has 0 radical (unpaired) electrons. The number of Topliss-reactive ketones (excluding diaryl/α,β-unsaturated/α-hetero) is 1. The van der Waals surface area contributed by atoms with Gasteiger partial charge in [0.05, 0.1) is 26.2 Å². The third kappa shape index (κ3) is 22.1. The Bertz CT molecular complexity index is 2540. The molecule has 0 aromatic heterocycles. The quantitative estimate of drug-likeness (QED) is 0.0351. The number of hydrogen-bond donors (Lipinski definition) is 10. The van der Waals surface area contributed by atoms with Crippen LogP contribution in [-0.2, 0) is 49.6 Å². The summed E-state index contributed by atoms with van der Waals surface area (Å²) in [6.45, 7) is 4.73.